The highest BCUT2D eigenvalue weighted by atomic mass is 32.1. The number of rotatable bonds is 9. The van der Waals surface area contributed by atoms with Crippen LogP contribution in [0.4, 0.5) is 5.82 Å². The van der Waals surface area contributed by atoms with Crippen molar-refractivity contribution in [2.45, 2.75) is 25.7 Å². The number of hydrogen-bond donors (Lipinski definition) is 1. The number of nitrogens with zero attached hydrogens (tertiary/aromatic N) is 3. The molecule has 0 spiro atoms. The molecule has 0 saturated heterocycles. The Bertz CT molecular complexity index is 1450. The van der Waals surface area contributed by atoms with E-state index in [-0.39, 0.29) is 5.78 Å². The second-order valence-electron chi connectivity index (χ2n) is 9.08. The minimum Gasteiger partial charge on any atom is -0.367 e. The minimum atomic E-state index is 0.241. The van der Waals surface area contributed by atoms with Crippen LogP contribution in [-0.2, 0) is 6.42 Å². The Balaban J connectivity index is 1.34. The van der Waals surface area contributed by atoms with Crippen LogP contribution in [0.3, 0.4) is 0 Å². The average molecular weight is 479 g/mol. The summed E-state index contributed by atoms with van der Waals surface area (Å²) >= 11 is 1.77. The van der Waals surface area contributed by atoms with Crippen molar-refractivity contribution in [1.29, 1.82) is 0 Å². The first-order valence-electron chi connectivity index (χ1n) is 12.1. The summed E-state index contributed by atoms with van der Waals surface area (Å²) in [5.41, 5.74) is 5.51. The number of anilines is 1. The number of ketones is 1. The highest BCUT2D eigenvalue weighted by molar-refractivity contribution is 7.09. The predicted octanol–water partition coefficient (Wildman–Crippen LogP) is 6.76. The van der Waals surface area contributed by atoms with Crippen LogP contribution in [0, 0.1) is 5.92 Å². The van der Waals surface area contributed by atoms with Crippen molar-refractivity contribution < 1.29 is 4.79 Å². The Kier molecular flexibility index (Phi) is 5.88. The van der Waals surface area contributed by atoms with Crippen molar-refractivity contribution in [3.05, 3.63) is 94.9 Å². The van der Waals surface area contributed by atoms with Crippen LogP contribution >= 0.6 is 11.3 Å². The summed E-state index contributed by atoms with van der Waals surface area (Å²) in [6.07, 6.45) is 7.91. The van der Waals surface area contributed by atoms with E-state index in [9.17, 15) is 4.79 Å². The third-order valence-electron chi connectivity index (χ3n) is 6.48. The quantitative estimate of drug-likeness (QED) is 0.238. The van der Waals surface area contributed by atoms with Crippen LogP contribution in [0.5, 0.6) is 0 Å². The summed E-state index contributed by atoms with van der Waals surface area (Å²) in [7, 11) is 0. The molecular formula is C29H26N4OS. The van der Waals surface area contributed by atoms with Gasteiger partial charge in [0, 0.05) is 40.7 Å². The van der Waals surface area contributed by atoms with Gasteiger partial charge in [-0.3, -0.25) is 9.20 Å². The number of carbonyl (C=O) groups is 1. The van der Waals surface area contributed by atoms with Crippen LogP contribution in [0.15, 0.2) is 84.5 Å². The van der Waals surface area contributed by atoms with Crippen LogP contribution in [0.25, 0.3) is 28.2 Å². The van der Waals surface area contributed by atoms with E-state index in [2.05, 4.69) is 39.4 Å². The van der Waals surface area contributed by atoms with Gasteiger partial charge in [-0.2, -0.15) is 0 Å². The molecule has 0 bridgehead atoms. The van der Waals surface area contributed by atoms with Crippen LogP contribution in [0.1, 0.15) is 34.5 Å². The van der Waals surface area contributed by atoms with Crippen molar-refractivity contribution in [3.63, 3.8) is 0 Å². The van der Waals surface area contributed by atoms with E-state index in [1.165, 1.54) is 17.7 Å². The smallest absolute Gasteiger partial charge is 0.180 e. The lowest BCUT2D eigenvalue weighted by Gasteiger charge is -2.11. The van der Waals surface area contributed by atoms with Gasteiger partial charge in [-0.25, -0.2) is 9.97 Å². The van der Waals surface area contributed by atoms with Gasteiger partial charge >= 0.3 is 0 Å². The Labute approximate surface area is 208 Å². The fourth-order valence-corrected chi connectivity index (χ4v) is 5.07. The molecule has 0 atom stereocenters. The van der Waals surface area contributed by atoms with Gasteiger partial charge in [0.25, 0.3) is 0 Å². The molecule has 1 saturated carbocycles. The second kappa shape index (κ2) is 9.47. The van der Waals surface area contributed by atoms with E-state index < -0.39 is 0 Å². The Morgan fingerprint density at radius 1 is 1.00 bits per heavy atom. The Morgan fingerprint density at radius 3 is 2.57 bits per heavy atom. The standard InChI is InChI=1S/C29H26N4OS/c34-27(17-20-8-9-20)23-12-10-22(11-13-23)26-18-31-29-28(30-15-14-24-7-4-16-35-24)32-25(19-33(26)29)21-5-2-1-3-6-21/h1-7,10-13,16,18-20H,8-9,14-15,17H2,(H,30,32). The van der Waals surface area contributed by atoms with E-state index in [1.807, 2.05) is 54.9 Å². The van der Waals surface area contributed by atoms with Gasteiger partial charge in [-0.05, 0) is 36.6 Å². The maximum atomic E-state index is 12.5. The van der Waals surface area contributed by atoms with Crippen molar-refractivity contribution in [2.75, 3.05) is 11.9 Å². The molecule has 0 amide bonds. The summed E-state index contributed by atoms with van der Waals surface area (Å²) in [5, 5.41) is 5.62. The molecule has 2 aromatic carbocycles. The molecule has 0 radical (unpaired) electrons. The van der Waals surface area contributed by atoms with Crippen LogP contribution < -0.4 is 5.32 Å². The van der Waals surface area contributed by atoms with Gasteiger partial charge in [-0.1, -0.05) is 60.7 Å². The Morgan fingerprint density at radius 2 is 1.83 bits per heavy atom. The van der Waals surface area contributed by atoms with Gasteiger partial charge in [0.05, 0.1) is 17.6 Å². The van der Waals surface area contributed by atoms with Crippen LogP contribution in [-0.4, -0.2) is 26.7 Å². The van der Waals surface area contributed by atoms with E-state index >= 15 is 0 Å². The third kappa shape index (κ3) is 4.75. The lowest BCUT2D eigenvalue weighted by Crippen LogP contribution is -2.08. The summed E-state index contributed by atoms with van der Waals surface area (Å²) in [4.78, 5) is 23.5. The number of thiophene rings is 1. The maximum absolute atomic E-state index is 12.5. The van der Waals surface area contributed by atoms with Crippen molar-refractivity contribution in [2.24, 2.45) is 5.92 Å². The molecule has 1 aliphatic rings. The summed E-state index contributed by atoms with van der Waals surface area (Å²) in [6.45, 7) is 0.779. The van der Waals surface area contributed by atoms with Gasteiger partial charge in [0.15, 0.2) is 17.2 Å². The largest absolute Gasteiger partial charge is 0.367 e. The average Bonchev–Trinajstić information content (AvgIpc) is 3.37. The fourth-order valence-electron chi connectivity index (χ4n) is 4.36. The molecular weight excluding hydrogens is 452 g/mol. The number of fused-ring (bicyclic) bond motifs is 1. The van der Waals surface area contributed by atoms with E-state index in [4.69, 9.17) is 9.97 Å². The molecule has 174 valence electrons. The first-order chi connectivity index (χ1) is 17.2. The molecule has 1 fully saturated rings. The lowest BCUT2D eigenvalue weighted by molar-refractivity contribution is 0.0976. The predicted molar refractivity (Wildman–Crippen MR) is 142 cm³/mol. The minimum absolute atomic E-state index is 0.241. The molecule has 0 aliphatic heterocycles. The zero-order valence-electron chi connectivity index (χ0n) is 19.4. The summed E-state index contributed by atoms with van der Waals surface area (Å²) < 4.78 is 2.10. The molecule has 3 aromatic heterocycles. The molecule has 5 aromatic rings. The number of imidazole rings is 1. The lowest BCUT2D eigenvalue weighted by atomic mass is 10.0. The number of Topliss-reactive ketones (excluding diaryl/α,β-unsaturated/α-hetero) is 1. The number of hydrogen-bond acceptors (Lipinski definition) is 5. The molecule has 6 rings (SSSR count). The van der Waals surface area contributed by atoms with Gasteiger partial charge in [-0.15, -0.1) is 11.3 Å². The summed E-state index contributed by atoms with van der Waals surface area (Å²) in [5.74, 6) is 1.60. The van der Waals surface area contributed by atoms with E-state index in [0.717, 1.165) is 52.5 Å². The van der Waals surface area contributed by atoms with Crippen LogP contribution in [0.2, 0.25) is 0 Å². The molecule has 35 heavy (non-hydrogen) atoms. The maximum Gasteiger partial charge on any atom is 0.180 e. The summed E-state index contributed by atoms with van der Waals surface area (Å²) in [6, 6.07) is 22.4. The van der Waals surface area contributed by atoms with Gasteiger partial charge < -0.3 is 5.32 Å². The zero-order valence-corrected chi connectivity index (χ0v) is 20.2. The van der Waals surface area contributed by atoms with Gasteiger partial charge in [0.2, 0.25) is 0 Å². The fraction of sp³-hybridized carbons (Fsp3) is 0.207. The van der Waals surface area contributed by atoms with Gasteiger partial charge in [0.1, 0.15) is 0 Å². The van der Waals surface area contributed by atoms with Crippen molar-refractivity contribution >= 4 is 28.6 Å². The number of aromatic nitrogens is 3. The second-order valence-corrected chi connectivity index (χ2v) is 10.1. The molecule has 0 unspecified atom stereocenters. The van der Waals surface area contributed by atoms with E-state index in [0.29, 0.717) is 12.3 Å². The number of carbonyl (C=O) groups excluding carboxylic acids is 1. The first-order valence-corrected chi connectivity index (χ1v) is 13.0. The molecule has 1 N–H and O–H groups in total. The van der Waals surface area contributed by atoms with E-state index in [1.54, 1.807) is 11.3 Å². The first kappa shape index (κ1) is 21.7. The molecule has 1 aliphatic carbocycles. The molecule has 5 nitrogen and oxygen atoms in total. The number of nitrogens with one attached hydrogen (secondary N) is 1. The topological polar surface area (TPSA) is 59.3 Å². The molecule has 6 heteroatoms. The van der Waals surface area contributed by atoms with Crippen molar-refractivity contribution in [1.82, 2.24) is 14.4 Å². The molecule has 3 heterocycles. The highest BCUT2D eigenvalue weighted by Gasteiger charge is 2.25. The zero-order chi connectivity index (χ0) is 23.6. The van der Waals surface area contributed by atoms with Crippen molar-refractivity contribution in [3.8, 4) is 22.5 Å². The number of benzene rings is 2. The third-order valence-corrected chi connectivity index (χ3v) is 7.42. The Hall–Kier alpha value is -3.77. The normalized spacial score (nSPS) is 13.3. The SMILES string of the molecule is O=C(CC1CC1)c1ccc(-c2cnc3c(NCCc4cccs4)nc(-c4ccccc4)cn23)cc1. The monoisotopic (exact) mass is 478 g/mol. The highest BCUT2D eigenvalue weighted by Crippen LogP contribution is 2.34.